The van der Waals surface area contributed by atoms with Crippen molar-refractivity contribution in [2.75, 3.05) is 13.2 Å². The van der Waals surface area contributed by atoms with Crippen molar-refractivity contribution in [3.63, 3.8) is 0 Å². The molecule has 0 aromatic heterocycles. The summed E-state index contributed by atoms with van der Waals surface area (Å²) in [7, 11) is 0. The summed E-state index contributed by atoms with van der Waals surface area (Å²) in [5, 5.41) is 9.40. The predicted molar refractivity (Wildman–Crippen MR) is 89.2 cm³/mol. The molecule has 2 aromatic rings. The standard InChI is InChI=1S/C19H23O4/c1-3-21-18(14-15-10-12-16(20)13-11-15)19(22-4-2)23-17-8-6-5-7-9-17/h5-13,18,20H,3-4,14H2,1-2H3. The topological polar surface area (TPSA) is 47.9 Å². The van der Waals surface area contributed by atoms with Gasteiger partial charge in [-0.05, 0) is 43.7 Å². The zero-order chi connectivity index (χ0) is 16.5. The Labute approximate surface area is 137 Å². The highest BCUT2D eigenvalue weighted by molar-refractivity contribution is 5.27. The van der Waals surface area contributed by atoms with Gasteiger partial charge in [-0.25, -0.2) is 0 Å². The number of benzene rings is 2. The van der Waals surface area contributed by atoms with Crippen LogP contribution in [0.1, 0.15) is 19.4 Å². The number of phenolic OH excluding ortho intramolecular Hbond substituents is 1. The number of aromatic hydroxyl groups is 1. The number of rotatable bonds is 9. The third kappa shape index (κ3) is 5.58. The molecule has 2 aromatic carbocycles. The summed E-state index contributed by atoms with van der Waals surface area (Å²) < 4.78 is 17.4. The third-order valence-electron chi connectivity index (χ3n) is 3.24. The van der Waals surface area contributed by atoms with Crippen LogP contribution in [0.3, 0.4) is 0 Å². The molecule has 0 aliphatic heterocycles. The molecule has 4 nitrogen and oxygen atoms in total. The molecule has 2 rings (SSSR count). The van der Waals surface area contributed by atoms with Gasteiger partial charge in [-0.15, -0.1) is 0 Å². The molecule has 23 heavy (non-hydrogen) atoms. The Kier molecular flexibility index (Phi) is 6.91. The summed E-state index contributed by atoms with van der Waals surface area (Å²) in [6, 6.07) is 16.6. The Morgan fingerprint density at radius 1 is 0.957 bits per heavy atom. The van der Waals surface area contributed by atoms with Crippen molar-refractivity contribution in [2.45, 2.75) is 26.4 Å². The van der Waals surface area contributed by atoms with E-state index in [1.807, 2.05) is 56.3 Å². The molecule has 0 saturated carbocycles. The average Bonchev–Trinajstić information content (AvgIpc) is 2.57. The minimum Gasteiger partial charge on any atom is -0.508 e. The quantitative estimate of drug-likeness (QED) is 0.761. The Morgan fingerprint density at radius 3 is 2.26 bits per heavy atom. The van der Waals surface area contributed by atoms with Gasteiger partial charge < -0.3 is 19.3 Å². The van der Waals surface area contributed by atoms with Gasteiger partial charge in [0.1, 0.15) is 17.6 Å². The molecule has 0 fully saturated rings. The van der Waals surface area contributed by atoms with Crippen LogP contribution in [-0.2, 0) is 15.9 Å². The molecule has 0 bridgehead atoms. The van der Waals surface area contributed by atoms with Gasteiger partial charge in [0, 0.05) is 19.6 Å². The van der Waals surface area contributed by atoms with E-state index in [2.05, 4.69) is 0 Å². The summed E-state index contributed by atoms with van der Waals surface area (Å²) in [4.78, 5) is 0. The molecule has 0 aliphatic carbocycles. The van der Waals surface area contributed by atoms with Gasteiger partial charge >= 0.3 is 6.29 Å². The van der Waals surface area contributed by atoms with E-state index >= 15 is 0 Å². The molecule has 0 amide bonds. The minimum atomic E-state index is -0.315. The fourth-order valence-electron chi connectivity index (χ4n) is 2.19. The maximum atomic E-state index is 9.40. The Balaban J connectivity index is 2.11. The summed E-state index contributed by atoms with van der Waals surface area (Å²) in [5.41, 5.74) is 1.04. The number of phenols is 1. The van der Waals surface area contributed by atoms with Gasteiger partial charge in [0.15, 0.2) is 0 Å². The highest BCUT2D eigenvalue weighted by Crippen LogP contribution is 2.23. The van der Waals surface area contributed by atoms with E-state index in [9.17, 15) is 5.11 Å². The zero-order valence-corrected chi connectivity index (χ0v) is 13.6. The lowest BCUT2D eigenvalue weighted by atomic mass is 10.1. The highest BCUT2D eigenvalue weighted by atomic mass is 16.7. The minimum absolute atomic E-state index is 0.247. The molecular weight excluding hydrogens is 292 g/mol. The number of hydrogen-bond donors (Lipinski definition) is 1. The fraction of sp³-hybridized carbons (Fsp3) is 0.316. The van der Waals surface area contributed by atoms with Crippen molar-refractivity contribution in [2.24, 2.45) is 0 Å². The van der Waals surface area contributed by atoms with E-state index in [1.54, 1.807) is 12.1 Å². The lowest BCUT2D eigenvalue weighted by Gasteiger charge is -2.25. The van der Waals surface area contributed by atoms with Crippen molar-refractivity contribution >= 4 is 0 Å². The van der Waals surface area contributed by atoms with Crippen LogP contribution >= 0.6 is 0 Å². The maximum Gasteiger partial charge on any atom is 0.306 e. The van der Waals surface area contributed by atoms with Crippen molar-refractivity contribution in [3.8, 4) is 11.5 Å². The number of ether oxygens (including phenoxy) is 3. The van der Waals surface area contributed by atoms with Crippen LogP contribution in [0.5, 0.6) is 11.5 Å². The highest BCUT2D eigenvalue weighted by Gasteiger charge is 2.27. The van der Waals surface area contributed by atoms with E-state index in [4.69, 9.17) is 14.2 Å². The molecule has 1 atom stereocenters. The van der Waals surface area contributed by atoms with Crippen LogP contribution in [0.4, 0.5) is 0 Å². The maximum absolute atomic E-state index is 9.40. The van der Waals surface area contributed by atoms with E-state index in [-0.39, 0.29) is 11.9 Å². The fourth-order valence-corrected chi connectivity index (χ4v) is 2.19. The van der Waals surface area contributed by atoms with Crippen LogP contribution in [0.15, 0.2) is 54.6 Å². The van der Waals surface area contributed by atoms with Gasteiger partial charge in [-0.3, -0.25) is 0 Å². The molecule has 123 valence electrons. The van der Waals surface area contributed by atoms with Crippen LogP contribution in [0.2, 0.25) is 0 Å². The van der Waals surface area contributed by atoms with Crippen LogP contribution in [0, 0.1) is 6.29 Å². The Bertz CT molecular complexity index is 553. The van der Waals surface area contributed by atoms with Crippen molar-refractivity contribution in [3.05, 3.63) is 66.5 Å². The first-order valence-electron chi connectivity index (χ1n) is 7.85. The summed E-state index contributed by atoms with van der Waals surface area (Å²) >= 11 is 0. The summed E-state index contributed by atoms with van der Waals surface area (Å²) in [6.07, 6.45) is 0.745. The predicted octanol–water partition coefficient (Wildman–Crippen LogP) is 3.94. The van der Waals surface area contributed by atoms with Gasteiger partial charge in [-0.1, -0.05) is 30.3 Å². The van der Waals surface area contributed by atoms with Gasteiger partial charge in [0.05, 0.1) is 0 Å². The second-order valence-electron chi connectivity index (χ2n) is 4.98. The molecular formula is C19H23O4. The largest absolute Gasteiger partial charge is 0.508 e. The molecule has 1 radical (unpaired) electrons. The lowest BCUT2D eigenvalue weighted by molar-refractivity contribution is -0.0763. The van der Waals surface area contributed by atoms with Crippen LogP contribution < -0.4 is 4.74 Å². The van der Waals surface area contributed by atoms with Crippen molar-refractivity contribution in [1.29, 1.82) is 0 Å². The van der Waals surface area contributed by atoms with Gasteiger partial charge in [0.2, 0.25) is 0 Å². The number of para-hydroxylation sites is 1. The molecule has 0 saturated heterocycles. The second-order valence-corrected chi connectivity index (χ2v) is 4.98. The smallest absolute Gasteiger partial charge is 0.306 e. The van der Waals surface area contributed by atoms with Crippen LogP contribution in [0.25, 0.3) is 0 Å². The normalized spacial score (nSPS) is 12.3. The van der Waals surface area contributed by atoms with Crippen LogP contribution in [-0.4, -0.2) is 24.4 Å². The number of hydrogen-bond acceptors (Lipinski definition) is 4. The Hall–Kier alpha value is -2.04. The average molecular weight is 315 g/mol. The van der Waals surface area contributed by atoms with E-state index in [0.29, 0.717) is 31.7 Å². The Morgan fingerprint density at radius 2 is 1.65 bits per heavy atom. The zero-order valence-electron chi connectivity index (χ0n) is 13.6. The first-order valence-corrected chi connectivity index (χ1v) is 7.85. The molecule has 0 aliphatic rings. The summed E-state index contributed by atoms with van der Waals surface area (Å²) in [5.74, 6) is 0.961. The SMILES string of the molecule is CCO[C](Oc1ccccc1)C(Cc1ccc(O)cc1)OCC. The van der Waals surface area contributed by atoms with E-state index in [0.717, 1.165) is 5.56 Å². The molecule has 0 spiro atoms. The molecule has 4 heteroatoms. The van der Waals surface area contributed by atoms with Crippen molar-refractivity contribution in [1.82, 2.24) is 0 Å². The second kappa shape index (κ2) is 9.18. The molecule has 0 heterocycles. The van der Waals surface area contributed by atoms with E-state index < -0.39 is 0 Å². The monoisotopic (exact) mass is 315 g/mol. The first-order chi connectivity index (χ1) is 11.2. The van der Waals surface area contributed by atoms with Crippen molar-refractivity contribution < 1.29 is 19.3 Å². The van der Waals surface area contributed by atoms with Gasteiger partial charge in [-0.2, -0.15) is 0 Å². The molecule has 1 unspecified atom stereocenters. The van der Waals surface area contributed by atoms with E-state index in [1.165, 1.54) is 0 Å². The summed E-state index contributed by atoms with van der Waals surface area (Å²) in [6.45, 7) is 4.91. The molecule has 1 N–H and O–H groups in total. The van der Waals surface area contributed by atoms with Gasteiger partial charge in [0.25, 0.3) is 0 Å². The first kappa shape index (κ1) is 17.3. The third-order valence-corrected chi connectivity index (χ3v) is 3.24. The lowest BCUT2D eigenvalue weighted by Crippen LogP contribution is -2.31.